The molecule has 0 aliphatic rings. The third-order valence-corrected chi connectivity index (χ3v) is 3.85. The lowest BCUT2D eigenvalue weighted by molar-refractivity contribution is -0.142. The fourth-order valence-corrected chi connectivity index (χ4v) is 2.74. The van der Waals surface area contributed by atoms with Gasteiger partial charge in [0.15, 0.2) is 5.13 Å². The van der Waals surface area contributed by atoms with Crippen LogP contribution in [0.25, 0.3) is 0 Å². The van der Waals surface area contributed by atoms with Gasteiger partial charge in [-0.25, -0.2) is 4.98 Å². The number of aromatic nitrogens is 1. The topological polar surface area (TPSA) is 68.3 Å². The van der Waals surface area contributed by atoms with Crippen LogP contribution in [0.5, 0.6) is 0 Å². The van der Waals surface area contributed by atoms with Gasteiger partial charge in [-0.05, 0) is 18.6 Å². The van der Waals surface area contributed by atoms with E-state index in [0.717, 1.165) is 23.5 Å². The predicted octanol–water partition coefficient (Wildman–Crippen LogP) is 3.45. The number of carbonyl (C=O) groups is 2. The molecule has 0 radical (unpaired) electrons. The molecular formula is C16H15F3N2O3S. The number of benzene rings is 1. The highest BCUT2D eigenvalue weighted by Crippen LogP contribution is 2.29. The maximum absolute atomic E-state index is 12.7. The van der Waals surface area contributed by atoms with Gasteiger partial charge in [-0.3, -0.25) is 9.59 Å². The summed E-state index contributed by atoms with van der Waals surface area (Å²) in [5.41, 5.74) is -0.0998. The van der Waals surface area contributed by atoms with E-state index in [9.17, 15) is 22.8 Å². The third kappa shape index (κ3) is 5.86. The molecule has 0 aliphatic carbocycles. The van der Waals surface area contributed by atoms with Crippen molar-refractivity contribution < 1.29 is 27.5 Å². The van der Waals surface area contributed by atoms with E-state index in [4.69, 9.17) is 4.74 Å². The summed E-state index contributed by atoms with van der Waals surface area (Å²) < 4.78 is 42.8. The van der Waals surface area contributed by atoms with Crippen molar-refractivity contribution in [3.8, 4) is 0 Å². The highest BCUT2D eigenvalue weighted by atomic mass is 32.1. The Bertz CT molecular complexity index is 759. The van der Waals surface area contributed by atoms with Gasteiger partial charge in [-0.1, -0.05) is 18.2 Å². The number of hydrogen-bond donors (Lipinski definition) is 1. The van der Waals surface area contributed by atoms with E-state index in [1.54, 1.807) is 12.3 Å². The van der Waals surface area contributed by atoms with Crippen LogP contribution in [-0.4, -0.2) is 23.5 Å². The maximum Gasteiger partial charge on any atom is 0.416 e. The molecule has 0 saturated carbocycles. The molecule has 0 fully saturated rings. The Labute approximate surface area is 145 Å². The molecule has 0 bridgehead atoms. The van der Waals surface area contributed by atoms with E-state index >= 15 is 0 Å². The summed E-state index contributed by atoms with van der Waals surface area (Å²) in [6.07, 6.45) is -4.67. The predicted molar refractivity (Wildman–Crippen MR) is 86.2 cm³/mol. The zero-order valence-corrected chi connectivity index (χ0v) is 14.0. The van der Waals surface area contributed by atoms with Crippen molar-refractivity contribution in [1.29, 1.82) is 0 Å². The average molecular weight is 372 g/mol. The molecule has 0 saturated heterocycles. The number of amides is 1. The summed E-state index contributed by atoms with van der Waals surface area (Å²) in [6.45, 7) is 1.96. The first-order valence-corrected chi connectivity index (χ1v) is 8.22. The Hall–Kier alpha value is -2.42. The van der Waals surface area contributed by atoms with Gasteiger partial charge in [0.1, 0.15) is 0 Å². The van der Waals surface area contributed by atoms with Gasteiger partial charge in [0, 0.05) is 5.38 Å². The third-order valence-electron chi connectivity index (χ3n) is 3.05. The van der Waals surface area contributed by atoms with Crippen molar-refractivity contribution in [2.45, 2.75) is 25.9 Å². The minimum atomic E-state index is -4.45. The zero-order chi connectivity index (χ0) is 18.4. The van der Waals surface area contributed by atoms with Crippen molar-refractivity contribution in [1.82, 2.24) is 4.98 Å². The normalized spacial score (nSPS) is 11.2. The first-order chi connectivity index (χ1) is 11.8. The van der Waals surface area contributed by atoms with Gasteiger partial charge in [0.25, 0.3) is 0 Å². The number of esters is 1. The van der Waals surface area contributed by atoms with E-state index in [0.29, 0.717) is 5.69 Å². The number of hydrogen-bond acceptors (Lipinski definition) is 5. The van der Waals surface area contributed by atoms with Gasteiger partial charge in [0.05, 0.1) is 30.7 Å². The molecule has 5 nitrogen and oxygen atoms in total. The second kappa shape index (κ2) is 8.11. The van der Waals surface area contributed by atoms with Crippen LogP contribution in [0.1, 0.15) is 23.7 Å². The highest BCUT2D eigenvalue weighted by Gasteiger charge is 2.30. The molecule has 2 aromatic rings. The van der Waals surface area contributed by atoms with Crippen molar-refractivity contribution in [2.24, 2.45) is 0 Å². The summed E-state index contributed by atoms with van der Waals surface area (Å²) in [5, 5.41) is 4.39. The highest BCUT2D eigenvalue weighted by molar-refractivity contribution is 7.13. The van der Waals surface area contributed by atoms with E-state index in [-0.39, 0.29) is 30.1 Å². The summed E-state index contributed by atoms with van der Waals surface area (Å²) in [6, 6.07) is 4.59. The van der Waals surface area contributed by atoms with Crippen LogP contribution in [0.3, 0.4) is 0 Å². The second-order valence-corrected chi connectivity index (χ2v) is 5.91. The molecule has 1 aromatic carbocycles. The summed E-state index contributed by atoms with van der Waals surface area (Å²) in [5.74, 6) is -0.911. The molecular weight excluding hydrogens is 357 g/mol. The number of carbonyl (C=O) groups excluding carboxylic acids is 2. The number of halogens is 3. The first-order valence-electron chi connectivity index (χ1n) is 7.34. The van der Waals surface area contributed by atoms with Crippen molar-refractivity contribution >= 4 is 28.3 Å². The summed E-state index contributed by atoms with van der Waals surface area (Å²) in [4.78, 5) is 27.4. The molecule has 1 N–H and O–H groups in total. The molecule has 1 heterocycles. The van der Waals surface area contributed by atoms with E-state index in [1.165, 1.54) is 12.1 Å². The van der Waals surface area contributed by atoms with Crippen LogP contribution < -0.4 is 5.32 Å². The molecule has 0 aliphatic heterocycles. The molecule has 9 heteroatoms. The van der Waals surface area contributed by atoms with Crippen LogP contribution in [-0.2, 0) is 33.3 Å². The lowest BCUT2D eigenvalue weighted by atomic mass is 10.1. The SMILES string of the molecule is CCOC(=O)Cc1csc(NC(=O)Cc2cccc(C(F)(F)F)c2)n1. The van der Waals surface area contributed by atoms with Crippen molar-refractivity contribution in [3.05, 3.63) is 46.5 Å². The average Bonchev–Trinajstić information content (AvgIpc) is 2.93. The largest absolute Gasteiger partial charge is 0.466 e. The zero-order valence-electron chi connectivity index (χ0n) is 13.2. The first kappa shape index (κ1) is 18.9. The van der Waals surface area contributed by atoms with E-state index < -0.39 is 23.6 Å². The standard InChI is InChI=1S/C16H15F3N2O3S/c1-2-24-14(23)8-12-9-25-15(20-12)21-13(22)7-10-4-3-5-11(6-10)16(17,18)19/h3-6,9H,2,7-8H2,1H3,(H,20,21,22). The minimum absolute atomic E-state index is 0.00611. The fourth-order valence-electron chi connectivity index (χ4n) is 2.01. The Balaban J connectivity index is 1.95. The van der Waals surface area contributed by atoms with Crippen LogP contribution >= 0.6 is 11.3 Å². The van der Waals surface area contributed by atoms with Crippen LogP contribution in [0.2, 0.25) is 0 Å². The molecule has 0 unspecified atom stereocenters. The molecule has 25 heavy (non-hydrogen) atoms. The summed E-state index contributed by atoms with van der Waals surface area (Å²) in [7, 11) is 0. The molecule has 134 valence electrons. The van der Waals surface area contributed by atoms with E-state index in [2.05, 4.69) is 10.3 Å². The fraction of sp³-hybridized carbons (Fsp3) is 0.312. The van der Waals surface area contributed by atoms with E-state index in [1.807, 2.05) is 0 Å². The van der Waals surface area contributed by atoms with Crippen molar-refractivity contribution in [3.63, 3.8) is 0 Å². The molecule has 0 spiro atoms. The lowest BCUT2D eigenvalue weighted by Gasteiger charge is -2.08. The Morgan fingerprint density at radius 2 is 2.04 bits per heavy atom. The Morgan fingerprint density at radius 3 is 2.72 bits per heavy atom. The number of thiazole rings is 1. The smallest absolute Gasteiger partial charge is 0.416 e. The number of ether oxygens (including phenoxy) is 1. The number of rotatable bonds is 6. The monoisotopic (exact) mass is 372 g/mol. The molecule has 1 amide bonds. The Morgan fingerprint density at radius 1 is 1.28 bits per heavy atom. The van der Waals surface area contributed by atoms with Crippen molar-refractivity contribution in [2.75, 3.05) is 11.9 Å². The molecule has 2 rings (SSSR count). The maximum atomic E-state index is 12.7. The number of nitrogens with zero attached hydrogens (tertiary/aromatic N) is 1. The van der Waals surface area contributed by atoms with Gasteiger partial charge in [0.2, 0.25) is 5.91 Å². The van der Waals surface area contributed by atoms with Crippen LogP contribution in [0.15, 0.2) is 29.6 Å². The quantitative estimate of drug-likeness (QED) is 0.789. The minimum Gasteiger partial charge on any atom is -0.466 e. The van der Waals surface area contributed by atoms with Gasteiger partial charge >= 0.3 is 12.1 Å². The van der Waals surface area contributed by atoms with Gasteiger partial charge < -0.3 is 10.1 Å². The lowest BCUT2D eigenvalue weighted by Crippen LogP contribution is -2.15. The van der Waals surface area contributed by atoms with Gasteiger partial charge in [-0.2, -0.15) is 13.2 Å². The number of anilines is 1. The summed E-state index contributed by atoms with van der Waals surface area (Å²) >= 11 is 1.13. The van der Waals surface area contributed by atoms with Crippen LogP contribution in [0.4, 0.5) is 18.3 Å². The molecule has 1 aromatic heterocycles. The molecule has 0 atom stereocenters. The second-order valence-electron chi connectivity index (χ2n) is 5.05. The number of alkyl halides is 3. The number of nitrogens with one attached hydrogen (secondary N) is 1. The van der Waals surface area contributed by atoms with Gasteiger partial charge in [-0.15, -0.1) is 11.3 Å². The van der Waals surface area contributed by atoms with Crippen LogP contribution in [0, 0.1) is 0 Å². The Kier molecular flexibility index (Phi) is 6.13.